The topological polar surface area (TPSA) is 83.8 Å². The summed E-state index contributed by atoms with van der Waals surface area (Å²) in [6.07, 6.45) is 6.71. The SMILES string of the molecule is CCCCCCC(=O)Nc1ccc(-c2cnc(N)[nH]2)cc1. The fourth-order valence-corrected chi connectivity index (χ4v) is 2.15. The van der Waals surface area contributed by atoms with Crippen molar-refractivity contribution in [2.75, 3.05) is 11.1 Å². The number of nitrogens with two attached hydrogens (primary N) is 1. The van der Waals surface area contributed by atoms with Gasteiger partial charge in [-0.3, -0.25) is 4.79 Å². The van der Waals surface area contributed by atoms with Gasteiger partial charge < -0.3 is 16.0 Å². The average molecular weight is 286 g/mol. The number of hydrogen-bond donors (Lipinski definition) is 3. The maximum atomic E-state index is 11.8. The molecule has 1 amide bonds. The molecule has 5 nitrogen and oxygen atoms in total. The predicted molar refractivity (Wildman–Crippen MR) is 85.8 cm³/mol. The lowest BCUT2D eigenvalue weighted by molar-refractivity contribution is -0.116. The second-order valence-electron chi connectivity index (χ2n) is 5.12. The number of hydrogen-bond acceptors (Lipinski definition) is 3. The van der Waals surface area contributed by atoms with E-state index in [1.165, 1.54) is 12.8 Å². The summed E-state index contributed by atoms with van der Waals surface area (Å²) in [5.41, 5.74) is 8.22. The van der Waals surface area contributed by atoms with Crippen LogP contribution in [0, 0.1) is 0 Å². The standard InChI is InChI=1S/C16H22N4O/c1-2-3-4-5-6-15(21)19-13-9-7-12(8-10-13)14-11-18-16(17)20-14/h7-11H,2-6H2,1H3,(H,19,21)(H3,17,18,20). The van der Waals surface area contributed by atoms with E-state index >= 15 is 0 Å². The van der Waals surface area contributed by atoms with E-state index in [2.05, 4.69) is 22.2 Å². The molecule has 0 spiro atoms. The number of nitrogens with one attached hydrogen (secondary N) is 2. The van der Waals surface area contributed by atoms with E-state index in [9.17, 15) is 4.79 Å². The summed E-state index contributed by atoms with van der Waals surface area (Å²) in [6, 6.07) is 7.63. The van der Waals surface area contributed by atoms with Gasteiger partial charge in [0.05, 0.1) is 11.9 Å². The maximum Gasteiger partial charge on any atom is 0.224 e. The molecular formula is C16H22N4O. The van der Waals surface area contributed by atoms with E-state index in [1.54, 1.807) is 6.20 Å². The van der Waals surface area contributed by atoms with Gasteiger partial charge in [0, 0.05) is 12.1 Å². The molecule has 21 heavy (non-hydrogen) atoms. The number of benzene rings is 1. The Hall–Kier alpha value is -2.30. The highest BCUT2D eigenvalue weighted by molar-refractivity contribution is 5.90. The van der Waals surface area contributed by atoms with Crippen LogP contribution in [0.1, 0.15) is 39.0 Å². The lowest BCUT2D eigenvalue weighted by atomic mass is 10.1. The summed E-state index contributed by atoms with van der Waals surface area (Å²) in [5, 5.41) is 2.91. The first-order chi connectivity index (χ1) is 10.2. The van der Waals surface area contributed by atoms with Gasteiger partial charge in [0.2, 0.25) is 5.91 Å². The average Bonchev–Trinajstić information content (AvgIpc) is 2.91. The first-order valence-electron chi connectivity index (χ1n) is 7.40. The van der Waals surface area contributed by atoms with Crippen LogP contribution in [-0.2, 0) is 4.79 Å². The van der Waals surface area contributed by atoms with Crippen molar-refractivity contribution in [3.63, 3.8) is 0 Å². The van der Waals surface area contributed by atoms with Gasteiger partial charge in [0.1, 0.15) is 0 Å². The summed E-state index contributed by atoms with van der Waals surface area (Å²) < 4.78 is 0. The smallest absolute Gasteiger partial charge is 0.224 e. The van der Waals surface area contributed by atoms with Crippen molar-refractivity contribution in [1.29, 1.82) is 0 Å². The fraction of sp³-hybridized carbons (Fsp3) is 0.375. The highest BCUT2D eigenvalue weighted by Crippen LogP contribution is 2.20. The minimum Gasteiger partial charge on any atom is -0.369 e. The van der Waals surface area contributed by atoms with Crippen molar-refractivity contribution in [2.45, 2.75) is 39.0 Å². The molecule has 1 heterocycles. The van der Waals surface area contributed by atoms with E-state index in [0.717, 1.165) is 29.8 Å². The first-order valence-corrected chi connectivity index (χ1v) is 7.40. The van der Waals surface area contributed by atoms with E-state index in [4.69, 9.17) is 5.73 Å². The normalized spacial score (nSPS) is 10.5. The van der Waals surface area contributed by atoms with Gasteiger partial charge >= 0.3 is 0 Å². The van der Waals surface area contributed by atoms with Crippen molar-refractivity contribution < 1.29 is 4.79 Å². The first kappa shape index (κ1) is 15.1. The molecule has 0 atom stereocenters. The summed E-state index contributed by atoms with van der Waals surface area (Å²) in [5.74, 6) is 0.471. The molecule has 0 aliphatic rings. The van der Waals surface area contributed by atoms with Crippen LogP contribution >= 0.6 is 0 Å². The monoisotopic (exact) mass is 286 g/mol. The Bertz CT molecular complexity index is 574. The molecule has 0 aliphatic carbocycles. The molecule has 0 saturated heterocycles. The summed E-state index contributed by atoms with van der Waals surface area (Å²) in [6.45, 7) is 2.16. The fourth-order valence-electron chi connectivity index (χ4n) is 2.15. The van der Waals surface area contributed by atoms with Crippen LogP contribution in [0.25, 0.3) is 11.3 Å². The molecule has 5 heteroatoms. The Morgan fingerprint density at radius 3 is 2.62 bits per heavy atom. The molecule has 2 rings (SSSR count). The second-order valence-corrected chi connectivity index (χ2v) is 5.12. The Labute approximate surface area is 125 Å². The molecule has 0 radical (unpaired) electrons. The van der Waals surface area contributed by atoms with Crippen molar-refractivity contribution >= 4 is 17.5 Å². The lowest BCUT2D eigenvalue weighted by Crippen LogP contribution is -2.10. The van der Waals surface area contributed by atoms with E-state index in [-0.39, 0.29) is 5.91 Å². The number of rotatable bonds is 7. The second kappa shape index (κ2) is 7.47. The van der Waals surface area contributed by atoms with Gasteiger partial charge in [-0.2, -0.15) is 0 Å². The highest BCUT2D eigenvalue weighted by atomic mass is 16.1. The minimum atomic E-state index is 0.0737. The zero-order chi connectivity index (χ0) is 15.1. The molecule has 0 aliphatic heterocycles. The van der Waals surface area contributed by atoms with Crippen LogP contribution in [0.15, 0.2) is 30.5 Å². The highest BCUT2D eigenvalue weighted by Gasteiger charge is 2.04. The van der Waals surface area contributed by atoms with Crippen molar-refractivity contribution in [3.05, 3.63) is 30.5 Å². The number of nitrogen functional groups attached to an aromatic ring is 1. The number of H-pyrrole nitrogens is 1. The van der Waals surface area contributed by atoms with Crippen LogP contribution in [0.3, 0.4) is 0 Å². The van der Waals surface area contributed by atoms with Gasteiger partial charge in [-0.25, -0.2) is 4.98 Å². The van der Waals surface area contributed by atoms with Crippen LogP contribution in [-0.4, -0.2) is 15.9 Å². The molecule has 0 fully saturated rings. The largest absolute Gasteiger partial charge is 0.369 e. The molecule has 0 saturated carbocycles. The number of nitrogens with zero attached hydrogens (tertiary/aromatic N) is 1. The van der Waals surface area contributed by atoms with Crippen LogP contribution in [0.4, 0.5) is 11.6 Å². The number of unbranched alkanes of at least 4 members (excludes halogenated alkanes) is 3. The van der Waals surface area contributed by atoms with E-state index in [0.29, 0.717) is 12.4 Å². The van der Waals surface area contributed by atoms with E-state index < -0.39 is 0 Å². The van der Waals surface area contributed by atoms with Crippen LogP contribution in [0.5, 0.6) is 0 Å². The third-order valence-corrected chi connectivity index (χ3v) is 3.33. The lowest BCUT2D eigenvalue weighted by Gasteiger charge is -2.06. The number of amides is 1. The Kier molecular flexibility index (Phi) is 5.37. The van der Waals surface area contributed by atoms with Crippen molar-refractivity contribution in [1.82, 2.24) is 9.97 Å². The number of aromatic nitrogens is 2. The van der Waals surface area contributed by atoms with Gasteiger partial charge in [-0.05, 0) is 24.1 Å². The number of carbonyl (C=O) groups is 1. The quantitative estimate of drug-likeness (QED) is 0.680. The summed E-state index contributed by atoms with van der Waals surface area (Å²) >= 11 is 0. The van der Waals surface area contributed by atoms with Gasteiger partial charge in [0.15, 0.2) is 5.95 Å². The third kappa shape index (κ3) is 4.63. The summed E-state index contributed by atoms with van der Waals surface area (Å²) in [4.78, 5) is 18.7. The molecule has 4 N–H and O–H groups in total. The van der Waals surface area contributed by atoms with Crippen molar-refractivity contribution in [2.24, 2.45) is 0 Å². The molecule has 0 bridgehead atoms. The Balaban J connectivity index is 1.86. The summed E-state index contributed by atoms with van der Waals surface area (Å²) in [7, 11) is 0. The van der Waals surface area contributed by atoms with Crippen LogP contribution < -0.4 is 11.1 Å². The minimum absolute atomic E-state index is 0.0737. The number of anilines is 2. The molecule has 0 unspecified atom stereocenters. The zero-order valence-electron chi connectivity index (χ0n) is 12.4. The number of carbonyl (C=O) groups excluding carboxylic acids is 1. The third-order valence-electron chi connectivity index (χ3n) is 3.33. The number of aromatic amines is 1. The van der Waals surface area contributed by atoms with Gasteiger partial charge in [-0.1, -0.05) is 38.3 Å². The maximum absolute atomic E-state index is 11.8. The van der Waals surface area contributed by atoms with Crippen molar-refractivity contribution in [3.8, 4) is 11.3 Å². The molecule has 112 valence electrons. The van der Waals surface area contributed by atoms with E-state index in [1.807, 2.05) is 24.3 Å². The zero-order valence-corrected chi connectivity index (χ0v) is 12.4. The number of imidazole rings is 1. The molecular weight excluding hydrogens is 264 g/mol. The molecule has 2 aromatic rings. The Morgan fingerprint density at radius 2 is 2.00 bits per heavy atom. The molecule has 1 aromatic carbocycles. The Morgan fingerprint density at radius 1 is 1.24 bits per heavy atom. The van der Waals surface area contributed by atoms with Crippen LogP contribution in [0.2, 0.25) is 0 Å². The predicted octanol–water partition coefficient (Wildman–Crippen LogP) is 3.57. The van der Waals surface area contributed by atoms with Gasteiger partial charge in [-0.15, -0.1) is 0 Å². The molecule has 1 aromatic heterocycles. The van der Waals surface area contributed by atoms with Gasteiger partial charge in [0.25, 0.3) is 0 Å².